The van der Waals surface area contributed by atoms with Gasteiger partial charge in [0.15, 0.2) is 0 Å². The third-order valence-corrected chi connectivity index (χ3v) is 9.41. The Bertz CT molecular complexity index is 1310. The van der Waals surface area contributed by atoms with Gasteiger partial charge in [-0.15, -0.1) is 12.4 Å². The monoisotopic (exact) mass is 573 g/mol. The van der Waals surface area contributed by atoms with Gasteiger partial charge >= 0.3 is 0 Å². The third kappa shape index (κ3) is 4.94. The fourth-order valence-corrected chi connectivity index (χ4v) is 6.90. The molecule has 0 N–H and O–H groups in total. The maximum atomic E-state index is 14.9. The molecule has 40 heavy (non-hydrogen) atoms. The number of aryl methyl sites for hydroxylation is 2. The van der Waals surface area contributed by atoms with Gasteiger partial charge in [-0.25, -0.2) is 8.78 Å². The molecule has 3 aliphatic heterocycles. The largest absolute Gasteiger partial charge is 0.342 e. The molecule has 218 valence electrons. The van der Waals surface area contributed by atoms with Gasteiger partial charge in [0.1, 0.15) is 11.6 Å². The van der Waals surface area contributed by atoms with Crippen molar-refractivity contribution in [2.75, 3.05) is 31.1 Å². The first-order valence-corrected chi connectivity index (χ1v) is 14.2. The maximum Gasteiger partial charge on any atom is 0.238 e. The minimum atomic E-state index is -0.621. The lowest BCUT2D eigenvalue weighted by Gasteiger charge is -2.40. The normalized spacial score (nSPS) is 22.7. The summed E-state index contributed by atoms with van der Waals surface area (Å²) in [5.41, 5.74) is 4.01. The number of carbonyl (C=O) groups excluding carboxylic acids is 2. The molecule has 0 unspecified atom stereocenters. The summed E-state index contributed by atoms with van der Waals surface area (Å²) in [6.07, 6.45) is 1.14. The van der Waals surface area contributed by atoms with E-state index < -0.39 is 23.0 Å². The highest BCUT2D eigenvalue weighted by atomic mass is 35.5. The van der Waals surface area contributed by atoms with Gasteiger partial charge in [-0.3, -0.25) is 14.5 Å². The van der Waals surface area contributed by atoms with Crippen LogP contribution in [0.25, 0.3) is 0 Å². The lowest BCUT2D eigenvalue weighted by atomic mass is 9.72. The lowest BCUT2D eigenvalue weighted by Crippen LogP contribution is -2.52. The average Bonchev–Trinajstić information content (AvgIpc) is 3.39. The molecule has 3 heterocycles. The minimum Gasteiger partial charge on any atom is -0.342 e. The number of hydrogen-bond donors (Lipinski definition) is 0. The molecule has 2 amide bonds. The molecule has 2 aromatic rings. The van der Waals surface area contributed by atoms with Crippen LogP contribution in [0.4, 0.5) is 14.5 Å². The number of piperidine rings is 1. The maximum absolute atomic E-state index is 14.9. The van der Waals surface area contributed by atoms with Crippen molar-refractivity contribution in [2.24, 2.45) is 5.92 Å². The molecule has 2 saturated heterocycles. The van der Waals surface area contributed by atoms with Gasteiger partial charge in [-0.05, 0) is 95.7 Å². The van der Waals surface area contributed by atoms with Crippen LogP contribution in [0, 0.1) is 31.4 Å². The van der Waals surface area contributed by atoms with Crippen LogP contribution in [0.2, 0.25) is 0 Å². The summed E-state index contributed by atoms with van der Waals surface area (Å²) in [6, 6.07) is 8.04. The predicted molar refractivity (Wildman–Crippen MR) is 157 cm³/mol. The Labute approximate surface area is 243 Å². The average molecular weight is 574 g/mol. The Balaban J connectivity index is 0.00000370. The predicted octanol–water partition coefficient (Wildman–Crippen LogP) is 6.13. The molecule has 2 atom stereocenters. The number of rotatable bonds is 3. The number of fused-ring (bicyclic) bond motifs is 2. The number of anilines is 1. The Kier molecular flexibility index (Phi) is 8.16. The van der Waals surface area contributed by atoms with E-state index in [0.29, 0.717) is 44.6 Å². The third-order valence-electron chi connectivity index (χ3n) is 9.41. The van der Waals surface area contributed by atoms with Crippen molar-refractivity contribution < 1.29 is 18.4 Å². The van der Waals surface area contributed by atoms with Crippen LogP contribution in [0.1, 0.15) is 75.6 Å². The smallest absolute Gasteiger partial charge is 0.238 e. The molecule has 8 heteroatoms. The van der Waals surface area contributed by atoms with Crippen molar-refractivity contribution in [3.63, 3.8) is 0 Å². The van der Waals surface area contributed by atoms with Gasteiger partial charge in [0.2, 0.25) is 11.8 Å². The van der Waals surface area contributed by atoms with Crippen molar-refractivity contribution in [2.45, 2.75) is 84.2 Å². The first-order chi connectivity index (χ1) is 18.2. The van der Waals surface area contributed by atoms with E-state index in [2.05, 4.69) is 51.7 Å². The minimum absolute atomic E-state index is 0. The van der Waals surface area contributed by atoms with Gasteiger partial charge < -0.3 is 9.80 Å². The quantitative estimate of drug-likeness (QED) is 0.443. The molecule has 3 aliphatic rings. The Morgan fingerprint density at radius 1 is 1.00 bits per heavy atom. The molecule has 5 rings (SSSR count). The van der Waals surface area contributed by atoms with Gasteiger partial charge in [0.25, 0.3) is 0 Å². The summed E-state index contributed by atoms with van der Waals surface area (Å²) in [7, 11) is 0. The highest BCUT2D eigenvalue weighted by Gasteiger charge is 2.54. The number of benzene rings is 2. The van der Waals surface area contributed by atoms with E-state index in [1.807, 2.05) is 23.6 Å². The number of likely N-dealkylation sites (tertiary alicyclic amines) is 2. The highest BCUT2D eigenvalue weighted by Crippen LogP contribution is 2.50. The van der Waals surface area contributed by atoms with Crippen molar-refractivity contribution in [1.29, 1.82) is 0 Å². The van der Waals surface area contributed by atoms with E-state index in [4.69, 9.17) is 0 Å². The molecule has 0 aliphatic carbocycles. The standard InChI is InChI=1S/C32H41F2N3O2.ClH/c1-19(2)37-28-15-21(4)20(3)14-26(28)32(30(37)39)10-12-35(13-11-32)29(38)25-18-36(31(5,6)7)17-24(25)23-9-8-22(33)16-27(23)34;/h8-9,14-16,19,24-25H,10-13,17-18H2,1-7H3;1H/t24-,25+;/m0./s1. The van der Waals surface area contributed by atoms with Crippen LogP contribution in [0.5, 0.6) is 0 Å². The van der Waals surface area contributed by atoms with Crippen molar-refractivity contribution in [1.82, 2.24) is 9.80 Å². The molecule has 0 saturated carbocycles. The van der Waals surface area contributed by atoms with E-state index in [9.17, 15) is 18.4 Å². The second kappa shape index (κ2) is 10.7. The second-order valence-electron chi connectivity index (χ2n) is 13.1. The fraction of sp³-hybridized carbons (Fsp3) is 0.562. The van der Waals surface area contributed by atoms with Crippen LogP contribution in [-0.2, 0) is 15.0 Å². The highest BCUT2D eigenvalue weighted by molar-refractivity contribution is 6.09. The topological polar surface area (TPSA) is 43.9 Å². The Morgan fingerprint density at radius 2 is 1.62 bits per heavy atom. The number of hydrogen-bond acceptors (Lipinski definition) is 3. The summed E-state index contributed by atoms with van der Waals surface area (Å²) in [5.74, 6) is -1.87. The van der Waals surface area contributed by atoms with Gasteiger partial charge in [-0.2, -0.15) is 0 Å². The molecule has 2 aromatic carbocycles. The van der Waals surface area contributed by atoms with Crippen molar-refractivity contribution >= 4 is 29.9 Å². The molecule has 0 bridgehead atoms. The van der Waals surface area contributed by atoms with E-state index in [0.717, 1.165) is 17.3 Å². The zero-order valence-corrected chi connectivity index (χ0v) is 25.5. The Hall–Kier alpha value is -2.51. The molecule has 0 aromatic heterocycles. The number of halogens is 3. The van der Waals surface area contributed by atoms with Crippen LogP contribution in [0.3, 0.4) is 0 Å². The van der Waals surface area contributed by atoms with Crippen LogP contribution >= 0.6 is 12.4 Å². The van der Waals surface area contributed by atoms with E-state index in [-0.39, 0.29) is 41.7 Å². The van der Waals surface area contributed by atoms with Gasteiger partial charge in [0.05, 0.1) is 11.3 Å². The van der Waals surface area contributed by atoms with Crippen molar-refractivity contribution in [3.8, 4) is 0 Å². The number of carbonyl (C=O) groups is 2. The second-order valence-corrected chi connectivity index (χ2v) is 13.1. The Morgan fingerprint density at radius 3 is 2.20 bits per heavy atom. The van der Waals surface area contributed by atoms with Crippen molar-refractivity contribution in [3.05, 3.63) is 64.2 Å². The summed E-state index contributed by atoms with van der Waals surface area (Å²) >= 11 is 0. The van der Waals surface area contributed by atoms with E-state index >= 15 is 0 Å². The van der Waals surface area contributed by atoms with Crippen LogP contribution in [-0.4, -0.2) is 59.4 Å². The van der Waals surface area contributed by atoms with Gasteiger partial charge in [-0.1, -0.05) is 12.1 Å². The van der Waals surface area contributed by atoms with Gasteiger partial charge in [0, 0.05) is 55.4 Å². The first-order valence-electron chi connectivity index (χ1n) is 14.2. The van der Waals surface area contributed by atoms with E-state index in [1.165, 1.54) is 23.3 Å². The molecular weight excluding hydrogens is 532 g/mol. The summed E-state index contributed by atoms with van der Waals surface area (Å²) in [6.45, 7) is 16.5. The zero-order chi connectivity index (χ0) is 28.4. The fourth-order valence-electron chi connectivity index (χ4n) is 6.90. The first kappa shape index (κ1) is 30.4. The van der Waals surface area contributed by atoms with Crippen LogP contribution < -0.4 is 4.90 Å². The SMILES string of the molecule is Cc1cc2c(cc1C)C1(CCN(C(=O)[C@@H]3CN(C(C)(C)C)C[C@H]3c3ccc(F)cc3F)CC1)C(=O)N2C(C)C.Cl. The molecule has 5 nitrogen and oxygen atoms in total. The molecule has 2 fully saturated rings. The van der Waals surface area contributed by atoms with E-state index in [1.54, 1.807) is 0 Å². The lowest BCUT2D eigenvalue weighted by molar-refractivity contribution is -0.139. The molecule has 1 spiro atoms. The van der Waals surface area contributed by atoms with Crippen LogP contribution in [0.15, 0.2) is 30.3 Å². The summed E-state index contributed by atoms with van der Waals surface area (Å²) < 4.78 is 28.6. The molecule has 0 radical (unpaired) electrons. The number of amides is 2. The number of nitrogens with zero attached hydrogens (tertiary/aromatic N) is 3. The zero-order valence-electron chi connectivity index (χ0n) is 24.7. The summed E-state index contributed by atoms with van der Waals surface area (Å²) in [5, 5.41) is 0. The summed E-state index contributed by atoms with van der Waals surface area (Å²) in [4.78, 5) is 34.0. The molecular formula is C32H42ClF2N3O2.